The zero-order valence-corrected chi connectivity index (χ0v) is 11.7. The van der Waals surface area contributed by atoms with Crippen molar-refractivity contribution in [1.29, 1.82) is 0 Å². The summed E-state index contributed by atoms with van der Waals surface area (Å²) in [6.45, 7) is 5.81. The summed E-state index contributed by atoms with van der Waals surface area (Å²) < 4.78 is 14.0. The zero-order valence-electron chi connectivity index (χ0n) is 11.7. The summed E-state index contributed by atoms with van der Waals surface area (Å²) in [5.41, 5.74) is 0.499. The van der Waals surface area contributed by atoms with Gasteiger partial charge in [0, 0.05) is 13.1 Å². The van der Waals surface area contributed by atoms with Gasteiger partial charge >= 0.3 is 5.97 Å². The third-order valence-corrected chi connectivity index (χ3v) is 3.10. The van der Waals surface area contributed by atoms with Crippen LogP contribution in [0.4, 0.5) is 10.1 Å². The van der Waals surface area contributed by atoms with E-state index in [0.29, 0.717) is 5.69 Å². The van der Waals surface area contributed by atoms with Crippen LogP contribution in [0.5, 0.6) is 0 Å². The van der Waals surface area contributed by atoms with E-state index in [1.54, 1.807) is 6.07 Å². The SMILES string of the molecule is CCCCN(CCCC)c1ccc(C(=O)O)cc1F. The first kappa shape index (κ1) is 15.5. The summed E-state index contributed by atoms with van der Waals surface area (Å²) in [6, 6.07) is 4.14. The van der Waals surface area contributed by atoms with Gasteiger partial charge in [0.1, 0.15) is 5.82 Å². The standard InChI is InChI=1S/C15H22FNO2/c1-3-5-9-17(10-6-4-2)14-8-7-12(15(18)19)11-13(14)16/h7-8,11H,3-6,9-10H2,1-2H3,(H,18,19). The van der Waals surface area contributed by atoms with Gasteiger partial charge in [-0.3, -0.25) is 0 Å². The number of hydrogen-bond donors (Lipinski definition) is 1. The maximum atomic E-state index is 14.0. The van der Waals surface area contributed by atoms with Crippen molar-refractivity contribution in [3.63, 3.8) is 0 Å². The molecule has 0 saturated carbocycles. The highest BCUT2D eigenvalue weighted by molar-refractivity contribution is 5.88. The fraction of sp³-hybridized carbons (Fsp3) is 0.533. The van der Waals surface area contributed by atoms with E-state index in [0.717, 1.165) is 44.8 Å². The normalized spacial score (nSPS) is 10.5. The Labute approximate surface area is 114 Å². The van der Waals surface area contributed by atoms with Crippen LogP contribution in [0.2, 0.25) is 0 Å². The van der Waals surface area contributed by atoms with E-state index in [9.17, 15) is 9.18 Å². The molecule has 1 aromatic rings. The molecular formula is C15H22FNO2. The highest BCUT2D eigenvalue weighted by atomic mass is 19.1. The predicted molar refractivity (Wildman–Crippen MR) is 75.4 cm³/mol. The molecule has 0 saturated heterocycles. The number of hydrogen-bond acceptors (Lipinski definition) is 2. The maximum Gasteiger partial charge on any atom is 0.335 e. The minimum Gasteiger partial charge on any atom is -0.478 e. The molecule has 0 aliphatic carbocycles. The number of carbonyl (C=O) groups is 1. The molecule has 0 heterocycles. The molecule has 106 valence electrons. The Morgan fingerprint density at radius 1 is 1.21 bits per heavy atom. The molecule has 3 nitrogen and oxygen atoms in total. The van der Waals surface area contributed by atoms with Gasteiger partial charge in [-0.1, -0.05) is 26.7 Å². The molecule has 0 fully saturated rings. The molecule has 0 spiro atoms. The highest BCUT2D eigenvalue weighted by Crippen LogP contribution is 2.21. The quantitative estimate of drug-likeness (QED) is 0.775. The Kier molecular flexibility index (Phi) is 6.33. The smallest absolute Gasteiger partial charge is 0.335 e. The Bertz CT molecular complexity index is 413. The van der Waals surface area contributed by atoms with Gasteiger partial charge in [0.25, 0.3) is 0 Å². The maximum absolute atomic E-state index is 14.0. The van der Waals surface area contributed by atoms with Crippen molar-refractivity contribution in [2.45, 2.75) is 39.5 Å². The summed E-state index contributed by atoms with van der Waals surface area (Å²) in [5, 5.41) is 8.84. The van der Waals surface area contributed by atoms with Crippen LogP contribution < -0.4 is 4.90 Å². The van der Waals surface area contributed by atoms with Crippen LogP contribution in [0, 0.1) is 5.82 Å². The molecule has 0 aliphatic rings. The fourth-order valence-electron chi connectivity index (χ4n) is 1.95. The molecule has 0 atom stereocenters. The van der Waals surface area contributed by atoms with Gasteiger partial charge in [-0.2, -0.15) is 0 Å². The van der Waals surface area contributed by atoms with Gasteiger partial charge in [-0.25, -0.2) is 9.18 Å². The van der Waals surface area contributed by atoms with Gasteiger partial charge in [-0.15, -0.1) is 0 Å². The van der Waals surface area contributed by atoms with Crippen molar-refractivity contribution in [2.75, 3.05) is 18.0 Å². The largest absolute Gasteiger partial charge is 0.478 e. The average molecular weight is 267 g/mol. The van der Waals surface area contributed by atoms with Crippen molar-refractivity contribution >= 4 is 11.7 Å². The summed E-state index contributed by atoms with van der Waals surface area (Å²) in [7, 11) is 0. The second kappa shape index (κ2) is 7.77. The topological polar surface area (TPSA) is 40.5 Å². The van der Waals surface area contributed by atoms with E-state index in [-0.39, 0.29) is 5.56 Å². The monoisotopic (exact) mass is 267 g/mol. The zero-order chi connectivity index (χ0) is 14.3. The van der Waals surface area contributed by atoms with Gasteiger partial charge in [0.15, 0.2) is 0 Å². The molecular weight excluding hydrogens is 245 g/mol. The summed E-state index contributed by atoms with van der Waals surface area (Å²) in [5.74, 6) is -1.55. The van der Waals surface area contributed by atoms with Crippen LogP contribution in [0.3, 0.4) is 0 Å². The van der Waals surface area contributed by atoms with Crippen molar-refractivity contribution in [1.82, 2.24) is 0 Å². The van der Waals surface area contributed by atoms with E-state index in [4.69, 9.17) is 5.11 Å². The number of aromatic carboxylic acids is 1. The minimum absolute atomic E-state index is 0.00724. The third-order valence-electron chi connectivity index (χ3n) is 3.10. The molecule has 19 heavy (non-hydrogen) atoms. The lowest BCUT2D eigenvalue weighted by Gasteiger charge is -2.25. The Morgan fingerprint density at radius 3 is 2.21 bits per heavy atom. The van der Waals surface area contributed by atoms with Crippen LogP contribution in [0.15, 0.2) is 18.2 Å². The number of anilines is 1. The summed E-state index contributed by atoms with van der Waals surface area (Å²) >= 11 is 0. The van der Waals surface area contributed by atoms with E-state index in [2.05, 4.69) is 13.8 Å². The van der Waals surface area contributed by atoms with Crippen molar-refractivity contribution in [3.05, 3.63) is 29.6 Å². The molecule has 0 bridgehead atoms. The number of rotatable bonds is 8. The summed E-state index contributed by atoms with van der Waals surface area (Å²) in [4.78, 5) is 12.8. The van der Waals surface area contributed by atoms with Crippen molar-refractivity contribution in [2.24, 2.45) is 0 Å². The van der Waals surface area contributed by atoms with Crippen LogP contribution in [0.25, 0.3) is 0 Å². The molecule has 1 aromatic carbocycles. The second-order valence-corrected chi connectivity index (χ2v) is 4.67. The van der Waals surface area contributed by atoms with Crippen LogP contribution in [0.1, 0.15) is 49.9 Å². The van der Waals surface area contributed by atoms with E-state index >= 15 is 0 Å². The van der Waals surface area contributed by atoms with E-state index in [1.807, 2.05) is 4.90 Å². The first-order valence-electron chi connectivity index (χ1n) is 6.88. The molecule has 0 aliphatic heterocycles. The average Bonchev–Trinajstić information content (AvgIpc) is 2.39. The Morgan fingerprint density at radius 2 is 1.79 bits per heavy atom. The van der Waals surface area contributed by atoms with Gasteiger partial charge in [0.2, 0.25) is 0 Å². The van der Waals surface area contributed by atoms with E-state index in [1.165, 1.54) is 6.07 Å². The third kappa shape index (κ3) is 4.54. The lowest BCUT2D eigenvalue weighted by Crippen LogP contribution is -2.26. The van der Waals surface area contributed by atoms with Gasteiger partial charge in [0.05, 0.1) is 11.3 Å². The molecule has 0 amide bonds. The molecule has 1 rings (SSSR count). The minimum atomic E-state index is -1.10. The van der Waals surface area contributed by atoms with Crippen molar-refractivity contribution < 1.29 is 14.3 Å². The number of carboxylic acid groups (broad SMARTS) is 1. The molecule has 4 heteroatoms. The Hall–Kier alpha value is -1.58. The number of halogens is 1. The number of carboxylic acids is 1. The summed E-state index contributed by atoms with van der Waals surface area (Å²) in [6.07, 6.45) is 4.11. The van der Waals surface area contributed by atoms with Gasteiger partial charge < -0.3 is 10.0 Å². The highest BCUT2D eigenvalue weighted by Gasteiger charge is 2.13. The first-order valence-corrected chi connectivity index (χ1v) is 6.88. The molecule has 0 radical (unpaired) electrons. The first-order chi connectivity index (χ1) is 9.10. The van der Waals surface area contributed by atoms with Crippen LogP contribution >= 0.6 is 0 Å². The van der Waals surface area contributed by atoms with Crippen LogP contribution in [-0.2, 0) is 0 Å². The molecule has 1 N–H and O–H groups in total. The number of benzene rings is 1. The number of nitrogens with zero attached hydrogens (tertiary/aromatic N) is 1. The number of unbranched alkanes of at least 4 members (excludes halogenated alkanes) is 2. The fourth-order valence-corrected chi connectivity index (χ4v) is 1.95. The molecule has 0 aromatic heterocycles. The van der Waals surface area contributed by atoms with Crippen molar-refractivity contribution in [3.8, 4) is 0 Å². The van der Waals surface area contributed by atoms with Crippen LogP contribution in [-0.4, -0.2) is 24.2 Å². The lowest BCUT2D eigenvalue weighted by atomic mass is 10.1. The van der Waals surface area contributed by atoms with Gasteiger partial charge in [-0.05, 0) is 31.0 Å². The molecule has 0 unspecified atom stereocenters. The Balaban J connectivity index is 2.90. The van der Waals surface area contributed by atoms with E-state index < -0.39 is 11.8 Å². The second-order valence-electron chi connectivity index (χ2n) is 4.67. The lowest BCUT2D eigenvalue weighted by molar-refractivity contribution is 0.0696. The predicted octanol–water partition coefficient (Wildman–Crippen LogP) is 3.93.